The van der Waals surface area contributed by atoms with E-state index >= 15 is 0 Å². The molecule has 2 aromatic rings. The van der Waals surface area contributed by atoms with Crippen LogP contribution in [-0.4, -0.2) is 67.3 Å². The summed E-state index contributed by atoms with van der Waals surface area (Å²) < 4.78 is 10.5. The second kappa shape index (κ2) is 10.1. The number of benzene rings is 1. The van der Waals surface area contributed by atoms with E-state index in [-0.39, 0.29) is 24.0 Å². The SMILES string of the molecule is CN=C(NCCc1ccc2c(c1)CCO2)N1CCN(Cc2ccon2)CC1.I. The quantitative estimate of drug-likeness (QED) is 0.388. The number of ether oxygens (including phenoxy) is 1. The van der Waals surface area contributed by atoms with Gasteiger partial charge in [0.1, 0.15) is 12.0 Å². The first-order valence-corrected chi connectivity index (χ1v) is 9.63. The summed E-state index contributed by atoms with van der Waals surface area (Å²) in [5.41, 5.74) is 3.67. The van der Waals surface area contributed by atoms with Crippen molar-refractivity contribution >= 4 is 29.9 Å². The summed E-state index contributed by atoms with van der Waals surface area (Å²) in [5, 5.41) is 7.51. The van der Waals surface area contributed by atoms with Gasteiger partial charge in [0, 0.05) is 58.8 Å². The van der Waals surface area contributed by atoms with E-state index in [0.717, 1.165) is 76.1 Å². The van der Waals surface area contributed by atoms with Crippen LogP contribution in [-0.2, 0) is 19.4 Å². The number of rotatable bonds is 5. The molecule has 2 aliphatic rings. The Bertz CT molecular complexity index is 773. The van der Waals surface area contributed by atoms with E-state index in [9.17, 15) is 0 Å². The number of guanidine groups is 1. The molecule has 0 saturated carbocycles. The van der Waals surface area contributed by atoms with Gasteiger partial charge in [0.05, 0.1) is 12.3 Å². The zero-order chi connectivity index (χ0) is 18.5. The van der Waals surface area contributed by atoms with Crippen molar-refractivity contribution in [3.63, 3.8) is 0 Å². The number of fused-ring (bicyclic) bond motifs is 1. The zero-order valence-electron chi connectivity index (χ0n) is 16.3. The molecule has 0 atom stereocenters. The lowest BCUT2D eigenvalue weighted by Gasteiger charge is -2.36. The number of piperazine rings is 1. The van der Waals surface area contributed by atoms with Gasteiger partial charge in [-0.15, -0.1) is 24.0 Å². The molecule has 152 valence electrons. The fourth-order valence-electron chi connectivity index (χ4n) is 3.71. The van der Waals surface area contributed by atoms with Crippen molar-refractivity contribution in [1.82, 2.24) is 20.3 Å². The van der Waals surface area contributed by atoms with E-state index in [1.54, 1.807) is 6.26 Å². The number of aromatic nitrogens is 1. The van der Waals surface area contributed by atoms with Gasteiger partial charge in [-0.25, -0.2) is 0 Å². The van der Waals surface area contributed by atoms with Crippen molar-refractivity contribution < 1.29 is 9.26 Å². The monoisotopic (exact) mass is 497 g/mol. The lowest BCUT2D eigenvalue weighted by atomic mass is 10.1. The smallest absolute Gasteiger partial charge is 0.193 e. The first kappa shape index (κ1) is 20.9. The summed E-state index contributed by atoms with van der Waals surface area (Å²) in [5.74, 6) is 2.03. The standard InChI is InChI=1S/C20H27N5O2.HI/c1-21-20(22-7-4-16-2-3-19-17(14-16)5-12-26-19)25-10-8-24(9-11-25)15-18-6-13-27-23-18;/h2-3,6,13-14H,4-5,7-12,15H2,1H3,(H,21,22);1H. The number of nitrogens with zero attached hydrogens (tertiary/aromatic N) is 4. The molecule has 0 unspecified atom stereocenters. The van der Waals surface area contributed by atoms with Crippen molar-refractivity contribution in [3.8, 4) is 5.75 Å². The minimum Gasteiger partial charge on any atom is -0.493 e. The normalized spacial score (nSPS) is 17.0. The minimum absolute atomic E-state index is 0. The highest BCUT2D eigenvalue weighted by atomic mass is 127. The molecular weight excluding hydrogens is 469 g/mol. The second-order valence-electron chi connectivity index (χ2n) is 7.02. The fourth-order valence-corrected chi connectivity index (χ4v) is 3.71. The Balaban J connectivity index is 0.00000225. The van der Waals surface area contributed by atoms with Gasteiger partial charge in [0.15, 0.2) is 5.96 Å². The molecular formula is C20H28IN5O2. The van der Waals surface area contributed by atoms with Gasteiger partial charge in [-0.2, -0.15) is 0 Å². The third-order valence-electron chi connectivity index (χ3n) is 5.21. The predicted molar refractivity (Wildman–Crippen MR) is 119 cm³/mol. The van der Waals surface area contributed by atoms with E-state index < -0.39 is 0 Å². The Morgan fingerprint density at radius 3 is 2.82 bits per heavy atom. The molecule has 1 aromatic heterocycles. The average Bonchev–Trinajstić information content (AvgIpc) is 3.37. The van der Waals surface area contributed by atoms with Gasteiger partial charge in [0.2, 0.25) is 0 Å². The van der Waals surface area contributed by atoms with E-state index in [2.05, 4.69) is 43.5 Å². The number of hydrogen-bond acceptors (Lipinski definition) is 5. The van der Waals surface area contributed by atoms with Crippen molar-refractivity contribution in [2.75, 3.05) is 46.4 Å². The molecule has 0 aliphatic carbocycles. The highest BCUT2D eigenvalue weighted by Gasteiger charge is 2.20. The van der Waals surface area contributed by atoms with E-state index in [0.29, 0.717) is 0 Å². The number of halogens is 1. The second-order valence-corrected chi connectivity index (χ2v) is 7.02. The Hall–Kier alpha value is -1.81. The first-order valence-electron chi connectivity index (χ1n) is 9.63. The maximum absolute atomic E-state index is 5.58. The van der Waals surface area contributed by atoms with Crippen LogP contribution in [0.4, 0.5) is 0 Å². The molecule has 0 radical (unpaired) electrons. The summed E-state index contributed by atoms with van der Waals surface area (Å²) in [6.45, 7) is 6.47. The molecule has 1 fully saturated rings. The number of aliphatic imine (C=N–C) groups is 1. The molecule has 0 spiro atoms. The molecule has 7 nitrogen and oxygen atoms in total. The Labute approximate surface area is 183 Å². The van der Waals surface area contributed by atoms with Gasteiger partial charge in [0.25, 0.3) is 0 Å². The Morgan fingerprint density at radius 1 is 1.21 bits per heavy atom. The van der Waals surface area contributed by atoms with Gasteiger partial charge in [-0.1, -0.05) is 17.3 Å². The van der Waals surface area contributed by atoms with Crippen molar-refractivity contribution in [2.45, 2.75) is 19.4 Å². The summed E-state index contributed by atoms with van der Waals surface area (Å²) in [4.78, 5) is 9.19. The number of nitrogens with one attached hydrogen (secondary N) is 1. The summed E-state index contributed by atoms with van der Waals surface area (Å²) in [7, 11) is 1.86. The van der Waals surface area contributed by atoms with Crippen LogP contribution >= 0.6 is 24.0 Å². The van der Waals surface area contributed by atoms with Crippen molar-refractivity contribution in [3.05, 3.63) is 47.3 Å². The lowest BCUT2D eigenvalue weighted by Crippen LogP contribution is -2.52. The van der Waals surface area contributed by atoms with Crippen LogP contribution in [0.5, 0.6) is 5.75 Å². The van der Waals surface area contributed by atoms with Gasteiger partial charge >= 0.3 is 0 Å². The van der Waals surface area contributed by atoms with E-state index in [1.807, 2.05) is 13.1 Å². The van der Waals surface area contributed by atoms with Gasteiger partial charge in [-0.3, -0.25) is 9.89 Å². The van der Waals surface area contributed by atoms with Gasteiger partial charge < -0.3 is 19.5 Å². The summed E-state index contributed by atoms with van der Waals surface area (Å²) in [6.07, 6.45) is 3.64. The third-order valence-corrected chi connectivity index (χ3v) is 5.21. The summed E-state index contributed by atoms with van der Waals surface area (Å²) >= 11 is 0. The Kier molecular flexibility index (Phi) is 7.55. The molecule has 3 heterocycles. The molecule has 0 amide bonds. The lowest BCUT2D eigenvalue weighted by molar-refractivity contribution is 0.169. The molecule has 8 heteroatoms. The van der Waals surface area contributed by atoms with E-state index in [1.165, 1.54) is 11.1 Å². The van der Waals surface area contributed by atoms with Crippen LogP contribution in [0, 0.1) is 0 Å². The number of hydrogen-bond donors (Lipinski definition) is 1. The average molecular weight is 497 g/mol. The maximum Gasteiger partial charge on any atom is 0.193 e. The van der Waals surface area contributed by atoms with Crippen molar-refractivity contribution in [1.29, 1.82) is 0 Å². The Morgan fingerprint density at radius 2 is 2.07 bits per heavy atom. The van der Waals surface area contributed by atoms with E-state index in [4.69, 9.17) is 9.26 Å². The third kappa shape index (κ3) is 5.16. The molecule has 1 N–H and O–H groups in total. The maximum atomic E-state index is 5.58. The van der Waals surface area contributed by atoms with Crippen LogP contribution in [0.3, 0.4) is 0 Å². The van der Waals surface area contributed by atoms with Gasteiger partial charge in [-0.05, 0) is 23.6 Å². The van der Waals surface area contributed by atoms with Crippen LogP contribution in [0.15, 0.2) is 40.0 Å². The minimum atomic E-state index is 0. The zero-order valence-corrected chi connectivity index (χ0v) is 18.6. The van der Waals surface area contributed by atoms with Crippen LogP contribution < -0.4 is 10.1 Å². The topological polar surface area (TPSA) is 66.1 Å². The predicted octanol–water partition coefficient (Wildman–Crippen LogP) is 2.16. The largest absolute Gasteiger partial charge is 0.493 e. The van der Waals surface area contributed by atoms with Crippen LogP contribution in [0.25, 0.3) is 0 Å². The molecule has 0 bridgehead atoms. The molecule has 2 aliphatic heterocycles. The fraction of sp³-hybridized carbons (Fsp3) is 0.500. The highest BCUT2D eigenvalue weighted by Crippen LogP contribution is 2.25. The van der Waals surface area contributed by atoms with Crippen LogP contribution in [0.1, 0.15) is 16.8 Å². The molecule has 28 heavy (non-hydrogen) atoms. The highest BCUT2D eigenvalue weighted by molar-refractivity contribution is 14.0. The first-order chi connectivity index (χ1) is 13.3. The summed E-state index contributed by atoms with van der Waals surface area (Å²) in [6, 6.07) is 8.46. The van der Waals surface area contributed by atoms with Crippen LogP contribution in [0.2, 0.25) is 0 Å². The molecule has 1 saturated heterocycles. The molecule has 1 aromatic carbocycles. The molecule has 4 rings (SSSR count). The van der Waals surface area contributed by atoms with Crippen molar-refractivity contribution in [2.24, 2.45) is 4.99 Å².